The molecule has 3 nitrogen and oxygen atoms in total. The molecule has 0 N–H and O–H groups in total. The zero-order valence-corrected chi connectivity index (χ0v) is 7.13. The van der Waals surface area contributed by atoms with E-state index in [1.165, 1.54) is 4.90 Å². The highest BCUT2D eigenvalue weighted by atomic mass is 19.3. The summed E-state index contributed by atoms with van der Waals surface area (Å²) >= 11 is 0. The van der Waals surface area contributed by atoms with E-state index in [2.05, 4.69) is 0 Å². The van der Waals surface area contributed by atoms with Crippen molar-refractivity contribution < 1.29 is 18.3 Å². The predicted octanol–water partition coefficient (Wildman–Crippen LogP) is 0.500. The Labute approximate surface area is 74.6 Å². The summed E-state index contributed by atoms with van der Waals surface area (Å²) in [5.74, 6) is -4.20. The first-order valence-corrected chi connectivity index (χ1v) is 4.35. The molecule has 1 heterocycles. The average molecular weight is 191 g/mol. The Morgan fingerprint density at radius 3 is 2.38 bits per heavy atom. The maximum absolute atomic E-state index is 12.5. The van der Waals surface area contributed by atoms with E-state index in [0.717, 1.165) is 0 Å². The minimum atomic E-state index is -2.74. The summed E-state index contributed by atoms with van der Waals surface area (Å²) in [6.45, 7) is 1.82. The largest absolute Gasteiger partial charge is 0.378 e. The van der Waals surface area contributed by atoms with Crippen LogP contribution in [-0.2, 0) is 9.53 Å². The standard InChI is InChI=1S/C8H11F2NO2/c9-8(10)5-6(8)7(12)11-1-3-13-4-2-11/h6H,1-5H2. The molecular weight excluding hydrogens is 180 g/mol. The number of alkyl halides is 2. The van der Waals surface area contributed by atoms with Crippen molar-refractivity contribution in [1.82, 2.24) is 4.90 Å². The fraction of sp³-hybridized carbons (Fsp3) is 0.875. The smallest absolute Gasteiger partial charge is 0.260 e. The van der Waals surface area contributed by atoms with Gasteiger partial charge in [0.25, 0.3) is 5.92 Å². The quantitative estimate of drug-likeness (QED) is 0.604. The molecule has 1 aliphatic carbocycles. The molecule has 1 atom stereocenters. The van der Waals surface area contributed by atoms with Crippen molar-refractivity contribution in [2.75, 3.05) is 26.3 Å². The number of amides is 1. The van der Waals surface area contributed by atoms with Gasteiger partial charge in [-0.15, -0.1) is 0 Å². The van der Waals surface area contributed by atoms with Crippen LogP contribution >= 0.6 is 0 Å². The Kier molecular flexibility index (Phi) is 1.98. The Hall–Kier alpha value is -0.710. The first kappa shape index (κ1) is 8.87. The molecule has 0 radical (unpaired) electrons. The fourth-order valence-corrected chi connectivity index (χ4v) is 1.49. The highest BCUT2D eigenvalue weighted by Crippen LogP contribution is 2.49. The van der Waals surface area contributed by atoms with Crippen molar-refractivity contribution in [3.05, 3.63) is 0 Å². The molecule has 1 saturated heterocycles. The summed E-state index contributed by atoms with van der Waals surface area (Å²) in [6.07, 6.45) is -0.275. The number of carbonyl (C=O) groups is 1. The van der Waals surface area contributed by atoms with E-state index in [1.54, 1.807) is 0 Å². The zero-order valence-electron chi connectivity index (χ0n) is 7.13. The molecule has 5 heteroatoms. The van der Waals surface area contributed by atoms with Gasteiger partial charge in [0.2, 0.25) is 5.91 Å². The predicted molar refractivity (Wildman–Crippen MR) is 40.5 cm³/mol. The lowest BCUT2D eigenvalue weighted by molar-refractivity contribution is -0.138. The van der Waals surface area contributed by atoms with Gasteiger partial charge in [0.05, 0.1) is 13.2 Å². The number of halogens is 2. The third-order valence-corrected chi connectivity index (χ3v) is 2.45. The first-order valence-electron chi connectivity index (χ1n) is 4.35. The van der Waals surface area contributed by atoms with Crippen LogP contribution in [0.1, 0.15) is 6.42 Å². The lowest BCUT2D eigenvalue weighted by Crippen LogP contribution is -2.42. The fourth-order valence-electron chi connectivity index (χ4n) is 1.49. The minimum absolute atomic E-state index is 0.275. The highest BCUT2D eigenvalue weighted by molar-refractivity contribution is 5.83. The van der Waals surface area contributed by atoms with Gasteiger partial charge in [0.15, 0.2) is 0 Å². The van der Waals surface area contributed by atoms with E-state index in [-0.39, 0.29) is 6.42 Å². The van der Waals surface area contributed by atoms with Gasteiger partial charge >= 0.3 is 0 Å². The summed E-state index contributed by atoms with van der Waals surface area (Å²) in [5, 5.41) is 0. The number of hydrogen-bond acceptors (Lipinski definition) is 2. The molecule has 1 aliphatic heterocycles. The first-order chi connectivity index (χ1) is 6.11. The number of rotatable bonds is 1. The maximum Gasteiger partial charge on any atom is 0.260 e. The molecule has 2 rings (SSSR count). The summed E-state index contributed by atoms with van der Waals surface area (Å²) in [4.78, 5) is 12.8. The van der Waals surface area contributed by atoms with Crippen molar-refractivity contribution in [2.45, 2.75) is 12.3 Å². The molecular formula is C8H11F2NO2. The zero-order chi connectivity index (χ0) is 9.47. The molecule has 13 heavy (non-hydrogen) atoms. The van der Waals surface area contributed by atoms with Crippen LogP contribution in [0.3, 0.4) is 0 Å². The van der Waals surface area contributed by atoms with Crippen LogP contribution in [0, 0.1) is 5.92 Å². The molecule has 0 aromatic carbocycles. The SMILES string of the molecule is O=C(C1CC1(F)F)N1CCOCC1. The Bertz CT molecular complexity index is 226. The second-order valence-corrected chi connectivity index (χ2v) is 3.46. The van der Waals surface area contributed by atoms with Crippen LogP contribution in [0.5, 0.6) is 0 Å². The molecule has 0 aromatic heterocycles. The molecule has 1 saturated carbocycles. The number of nitrogens with zero attached hydrogens (tertiary/aromatic N) is 1. The van der Waals surface area contributed by atoms with Gasteiger partial charge in [-0.05, 0) is 0 Å². The van der Waals surface area contributed by atoms with Crippen molar-refractivity contribution in [3.8, 4) is 0 Å². The van der Waals surface area contributed by atoms with Crippen molar-refractivity contribution in [3.63, 3.8) is 0 Å². The van der Waals surface area contributed by atoms with Crippen LogP contribution in [0.15, 0.2) is 0 Å². The van der Waals surface area contributed by atoms with E-state index in [0.29, 0.717) is 26.3 Å². The summed E-state index contributed by atoms with van der Waals surface area (Å²) in [5.41, 5.74) is 0. The number of morpholine rings is 1. The summed E-state index contributed by atoms with van der Waals surface area (Å²) in [7, 11) is 0. The number of hydrogen-bond donors (Lipinski definition) is 0. The van der Waals surface area contributed by atoms with Gasteiger partial charge in [-0.1, -0.05) is 0 Å². The van der Waals surface area contributed by atoms with Crippen molar-refractivity contribution in [2.24, 2.45) is 5.92 Å². The van der Waals surface area contributed by atoms with E-state index in [4.69, 9.17) is 4.74 Å². The normalized spacial score (nSPS) is 31.5. The molecule has 0 spiro atoms. The van der Waals surface area contributed by atoms with Gasteiger partial charge in [-0.3, -0.25) is 4.79 Å². The van der Waals surface area contributed by atoms with Crippen LogP contribution in [0.2, 0.25) is 0 Å². The van der Waals surface area contributed by atoms with Gasteiger partial charge in [0.1, 0.15) is 5.92 Å². The Morgan fingerprint density at radius 2 is 1.92 bits per heavy atom. The molecule has 0 aromatic rings. The lowest BCUT2D eigenvalue weighted by atomic mass is 10.3. The molecule has 2 fully saturated rings. The van der Waals surface area contributed by atoms with E-state index >= 15 is 0 Å². The van der Waals surface area contributed by atoms with E-state index in [1.807, 2.05) is 0 Å². The monoisotopic (exact) mass is 191 g/mol. The minimum Gasteiger partial charge on any atom is -0.378 e. The Balaban J connectivity index is 1.90. The van der Waals surface area contributed by atoms with Gasteiger partial charge in [-0.2, -0.15) is 0 Å². The maximum atomic E-state index is 12.5. The molecule has 0 bridgehead atoms. The number of ether oxygens (including phenoxy) is 1. The van der Waals surface area contributed by atoms with Crippen molar-refractivity contribution >= 4 is 5.91 Å². The Morgan fingerprint density at radius 1 is 1.38 bits per heavy atom. The third kappa shape index (κ3) is 1.65. The van der Waals surface area contributed by atoms with Gasteiger partial charge in [-0.25, -0.2) is 8.78 Å². The summed E-state index contributed by atoms with van der Waals surface area (Å²) < 4.78 is 30.1. The van der Waals surface area contributed by atoms with Crippen LogP contribution in [0.25, 0.3) is 0 Å². The van der Waals surface area contributed by atoms with E-state index in [9.17, 15) is 13.6 Å². The number of carbonyl (C=O) groups excluding carboxylic acids is 1. The third-order valence-electron chi connectivity index (χ3n) is 2.45. The average Bonchev–Trinajstić information content (AvgIpc) is 2.76. The molecule has 1 unspecified atom stereocenters. The van der Waals surface area contributed by atoms with Crippen LogP contribution in [-0.4, -0.2) is 43.0 Å². The second kappa shape index (κ2) is 2.90. The molecule has 1 amide bonds. The topological polar surface area (TPSA) is 29.5 Å². The van der Waals surface area contributed by atoms with Gasteiger partial charge < -0.3 is 9.64 Å². The highest BCUT2D eigenvalue weighted by Gasteiger charge is 2.62. The van der Waals surface area contributed by atoms with Crippen molar-refractivity contribution in [1.29, 1.82) is 0 Å². The second-order valence-electron chi connectivity index (χ2n) is 3.46. The van der Waals surface area contributed by atoms with E-state index < -0.39 is 17.7 Å². The molecule has 74 valence electrons. The lowest BCUT2D eigenvalue weighted by Gasteiger charge is -2.26. The summed E-state index contributed by atoms with van der Waals surface area (Å²) in [6, 6.07) is 0. The van der Waals surface area contributed by atoms with Crippen LogP contribution < -0.4 is 0 Å². The molecule has 2 aliphatic rings. The van der Waals surface area contributed by atoms with Crippen LogP contribution in [0.4, 0.5) is 8.78 Å². The van der Waals surface area contributed by atoms with Gasteiger partial charge in [0, 0.05) is 19.5 Å².